The third-order valence-electron chi connectivity index (χ3n) is 17.0. The summed E-state index contributed by atoms with van der Waals surface area (Å²) in [4.78, 5) is 4.91. The monoisotopic (exact) mass is 878 g/mol. The molecule has 4 fully saturated rings. The third-order valence-corrected chi connectivity index (χ3v) is 17.0. The van der Waals surface area contributed by atoms with Gasteiger partial charge in [-0.2, -0.15) is 0 Å². The third kappa shape index (κ3) is 5.32. The second-order valence-electron chi connectivity index (χ2n) is 20.6. The van der Waals surface area contributed by atoms with Crippen molar-refractivity contribution in [3.05, 3.63) is 204 Å². The number of rotatable bonds is 6. The summed E-state index contributed by atoms with van der Waals surface area (Å²) < 4.78 is 13.5. The summed E-state index contributed by atoms with van der Waals surface area (Å²) in [6.45, 7) is 4.45. The van der Waals surface area contributed by atoms with Crippen molar-refractivity contribution in [1.82, 2.24) is 0 Å². The number of anilines is 6. The maximum absolute atomic E-state index is 6.80. The van der Waals surface area contributed by atoms with E-state index >= 15 is 0 Å². The molecule has 4 saturated carbocycles. The molecule has 2 heterocycles. The van der Waals surface area contributed by atoms with Gasteiger partial charge in [0, 0.05) is 49.7 Å². The fourth-order valence-electron chi connectivity index (χ4n) is 14.5. The molecule has 0 atom stereocenters. The summed E-state index contributed by atoms with van der Waals surface area (Å²) in [6, 6.07) is 67.5. The smallest absolute Gasteiger partial charge is 0.159 e. The highest BCUT2D eigenvalue weighted by atomic mass is 16.3. The number of furan rings is 2. The van der Waals surface area contributed by atoms with Gasteiger partial charge in [-0.1, -0.05) is 109 Å². The molecule has 2 aromatic heterocycles. The van der Waals surface area contributed by atoms with Gasteiger partial charge in [0.2, 0.25) is 0 Å². The molecule has 11 aromatic rings. The SMILES string of the molecule is Cc1ccccc1N(c1ccc2c(c1)C1(c3cc4cc(N(c5ccccc5C)c5cccc6c5oc5ccccc56)ccc4cc3-2)C2CC3CC(C2)CC1C3)c1cccc2c1oc1ccccc12. The average Bonchev–Trinajstić information content (AvgIpc) is 4.03. The van der Waals surface area contributed by atoms with Crippen molar-refractivity contribution in [2.24, 2.45) is 23.7 Å². The lowest BCUT2D eigenvalue weighted by atomic mass is 9.43. The quantitative estimate of drug-likeness (QED) is 0.167. The topological polar surface area (TPSA) is 32.8 Å². The Balaban J connectivity index is 0.940. The van der Waals surface area contributed by atoms with E-state index in [0.717, 1.165) is 78.5 Å². The van der Waals surface area contributed by atoms with E-state index in [0.29, 0.717) is 11.8 Å². The van der Waals surface area contributed by atoms with Crippen LogP contribution in [0.4, 0.5) is 34.1 Å². The van der Waals surface area contributed by atoms with Crippen molar-refractivity contribution in [3.8, 4) is 11.1 Å². The fraction of sp³-hybridized carbons (Fsp3) is 0.188. The van der Waals surface area contributed by atoms with Gasteiger partial charge in [-0.25, -0.2) is 0 Å². The van der Waals surface area contributed by atoms with Crippen LogP contribution in [0, 0.1) is 37.5 Å². The molecule has 16 rings (SSSR count). The Labute approximate surface area is 396 Å². The fourth-order valence-corrected chi connectivity index (χ4v) is 14.5. The van der Waals surface area contributed by atoms with Crippen molar-refractivity contribution in [2.75, 3.05) is 9.80 Å². The first-order valence-electron chi connectivity index (χ1n) is 24.7. The maximum atomic E-state index is 6.80. The van der Waals surface area contributed by atoms with Crippen LogP contribution in [0.2, 0.25) is 0 Å². The molecule has 4 bridgehead atoms. The Bertz CT molecular complexity index is 3860. The molecule has 0 saturated heterocycles. The van der Waals surface area contributed by atoms with E-state index in [-0.39, 0.29) is 5.41 Å². The van der Waals surface area contributed by atoms with Crippen LogP contribution in [0.3, 0.4) is 0 Å². The molecule has 1 spiro atoms. The first kappa shape index (κ1) is 38.5. The Morgan fingerprint density at radius 2 is 0.882 bits per heavy atom. The van der Waals surface area contributed by atoms with Gasteiger partial charge in [-0.05, 0) is 187 Å². The highest BCUT2D eigenvalue weighted by molar-refractivity contribution is 6.12. The lowest BCUT2D eigenvalue weighted by Gasteiger charge is -2.61. The van der Waals surface area contributed by atoms with E-state index in [9.17, 15) is 0 Å². The highest BCUT2D eigenvalue weighted by Gasteiger charge is 2.61. The van der Waals surface area contributed by atoms with Crippen LogP contribution in [0.15, 0.2) is 191 Å². The molecule has 0 N–H and O–H groups in total. The Morgan fingerprint density at radius 3 is 1.47 bits per heavy atom. The lowest BCUT2D eigenvalue weighted by molar-refractivity contribution is -0.0398. The molecular weight excluding hydrogens is 829 g/mol. The van der Waals surface area contributed by atoms with E-state index in [2.05, 4.69) is 206 Å². The maximum Gasteiger partial charge on any atom is 0.159 e. The number of hydrogen-bond acceptors (Lipinski definition) is 4. The molecule has 5 aliphatic carbocycles. The zero-order chi connectivity index (χ0) is 44.8. The normalized spacial score (nSPS) is 21.1. The van der Waals surface area contributed by atoms with Crippen LogP contribution in [0.5, 0.6) is 0 Å². The van der Waals surface area contributed by atoms with Crippen molar-refractivity contribution in [1.29, 1.82) is 0 Å². The van der Waals surface area contributed by atoms with Crippen LogP contribution in [0.25, 0.3) is 65.8 Å². The number of hydrogen-bond donors (Lipinski definition) is 0. The van der Waals surface area contributed by atoms with Crippen LogP contribution in [0.1, 0.15) is 54.4 Å². The lowest BCUT2D eigenvalue weighted by Crippen LogP contribution is -2.55. The Hall–Kier alpha value is -7.56. The van der Waals surface area contributed by atoms with Crippen molar-refractivity contribution < 1.29 is 8.83 Å². The Kier molecular flexibility index (Phi) is 8.06. The number of para-hydroxylation sites is 6. The Morgan fingerprint density at radius 1 is 0.397 bits per heavy atom. The molecule has 4 heteroatoms. The van der Waals surface area contributed by atoms with E-state index < -0.39 is 0 Å². The van der Waals surface area contributed by atoms with Crippen LogP contribution >= 0.6 is 0 Å². The average molecular weight is 879 g/mol. The van der Waals surface area contributed by atoms with Crippen LogP contribution < -0.4 is 9.80 Å². The van der Waals surface area contributed by atoms with Crippen LogP contribution in [-0.2, 0) is 5.41 Å². The summed E-state index contributed by atoms with van der Waals surface area (Å²) >= 11 is 0. The zero-order valence-electron chi connectivity index (χ0n) is 38.4. The number of benzene rings is 9. The van der Waals surface area contributed by atoms with Gasteiger partial charge in [-0.3, -0.25) is 0 Å². The molecule has 0 amide bonds. The van der Waals surface area contributed by atoms with Crippen molar-refractivity contribution in [3.63, 3.8) is 0 Å². The highest BCUT2D eigenvalue weighted by Crippen LogP contribution is 2.70. The van der Waals surface area contributed by atoms with E-state index in [4.69, 9.17) is 8.83 Å². The minimum atomic E-state index is -0.0589. The largest absolute Gasteiger partial charge is 0.454 e. The number of nitrogens with zero attached hydrogens (tertiary/aromatic N) is 2. The second-order valence-corrected chi connectivity index (χ2v) is 20.6. The molecule has 0 aliphatic heterocycles. The van der Waals surface area contributed by atoms with Crippen molar-refractivity contribution in [2.45, 2.75) is 51.4 Å². The summed E-state index contributed by atoms with van der Waals surface area (Å²) in [5, 5.41) is 7.12. The minimum absolute atomic E-state index is 0.0589. The summed E-state index contributed by atoms with van der Waals surface area (Å²) in [6.07, 6.45) is 6.68. The molecule has 68 heavy (non-hydrogen) atoms. The first-order valence-corrected chi connectivity index (χ1v) is 24.7. The predicted octanol–water partition coefficient (Wildman–Crippen LogP) is 17.9. The van der Waals surface area contributed by atoms with E-state index in [1.165, 1.54) is 82.1 Å². The molecule has 328 valence electrons. The molecule has 0 radical (unpaired) electrons. The summed E-state index contributed by atoms with van der Waals surface area (Å²) in [5.74, 6) is 2.89. The van der Waals surface area contributed by atoms with Crippen LogP contribution in [-0.4, -0.2) is 0 Å². The molecule has 9 aromatic carbocycles. The van der Waals surface area contributed by atoms with Gasteiger partial charge in [0.1, 0.15) is 11.2 Å². The van der Waals surface area contributed by atoms with E-state index in [1.807, 2.05) is 0 Å². The molecule has 4 nitrogen and oxygen atoms in total. The standard InChI is InChI=1S/C64H50N2O2/c1-38-13-3-7-19-56(38)65(58-21-11-17-51-49-15-5-9-23-60(49)67-62(51)58)46-26-25-42-35-53-48-28-27-47(37-55(48)64(54(53)36-43(42)34-46)44-30-40-29-41(32-44)33-45(64)31-40)66(57-20-8-4-14-39(57)2)59-22-12-18-52-50-16-6-10-24-61(50)68-63(52)59/h3-28,34-37,40-41,44-45H,29-33H2,1-2H3. The van der Waals surface area contributed by atoms with Gasteiger partial charge in [0.15, 0.2) is 11.2 Å². The van der Waals surface area contributed by atoms with Gasteiger partial charge in [0.25, 0.3) is 0 Å². The predicted molar refractivity (Wildman–Crippen MR) is 281 cm³/mol. The second kappa shape index (κ2) is 14.2. The summed E-state index contributed by atoms with van der Waals surface area (Å²) in [7, 11) is 0. The van der Waals surface area contributed by atoms with Gasteiger partial charge in [0.05, 0.1) is 11.4 Å². The number of aryl methyl sites for hydroxylation is 2. The van der Waals surface area contributed by atoms with Gasteiger partial charge in [-0.15, -0.1) is 0 Å². The molecule has 0 unspecified atom stereocenters. The summed E-state index contributed by atoms with van der Waals surface area (Å²) in [5.41, 5.74) is 18.7. The minimum Gasteiger partial charge on any atom is -0.454 e. The van der Waals surface area contributed by atoms with Crippen molar-refractivity contribution >= 4 is 88.8 Å². The number of fused-ring (bicyclic) bond motifs is 10. The first-order chi connectivity index (χ1) is 33.5. The zero-order valence-corrected chi connectivity index (χ0v) is 38.4. The van der Waals surface area contributed by atoms with Gasteiger partial charge < -0.3 is 18.6 Å². The van der Waals surface area contributed by atoms with E-state index in [1.54, 1.807) is 5.56 Å². The molecule has 5 aliphatic rings. The molecular formula is C64H50N2O2. The van der Waals surface area contributed by atoms with Gasteiger partial charge >= 0.3 is 0 Å².